The maximum Gasteiger partial charge on any atom is 0.287 e. The zero-order valence-corrected chi connectivity index (χ0v) is 15.5. The molecule has 3 aromatic rings. The second-order valence-corrected chi connectivity index (χ2v) is 6.77. The van der Waals surface area contributed by atoms with Crippen molar-refractivity contribution in [1.29, 1.82) is 0 Å². The standard InChI is InChI=1S/C21H22N4O3/c26-20(23-14-16-9-6-12-28-16)18-17-10-4-5-11-25(17)19(24-18)21(27)22-13-15-7-2-1-3-8-15/h1-3,6-9,12H,4-5,10-11,13-14H2,(H,22,27)(H,23,26). The Morgan fingerprint density at radius 1 is 1.00 bits per heavy atom. The lowest BCUT2D eigenvalue weighted by atomic mass is 10.1. The molecule has 144 valence electrons. The SMILES string of the molecule is O=C(NCc1ccco1)c1nc(C(=O)NCc2ccccc2)n2c1CCCC2. The van der Waals surface area contributed by atoms with Gasteiger partial charge in [-0.05, 0) is 37.0 Å². The van der Waals surface area contributed by atoms with Crippen molar-refractivity contribution in [2.45, 2.75) is 38.9 Å². The van der Waals surface area contributed by atoms with Crippen LogP contribution >= 0.6 is 0 Å². The molecule has 0 radical (unpaired) electrons. The van der Waals surface area contributed by atoms with Gasteiger partial charge in [-0.2, -0.15) is 0 Å². The molecule has 0 aliphatic carbocycles. The van der Waals surface area contributed by atoms with Crippen LogP contribution in [0.15, 0.2) is 53.1 Å². The number of hydrogen-bond acceptors (Lipinski definition) is 4. The molecule has 2 N–H and O–H groups in total. The van der Waals surface area contributed by atoms with E-state index < -0.39 is 0 Å². The van der Waals surface area contributed by atoms with Crippen LogP contribution in [0.2, 0.25) is 0 Å². The molecule has 0 bridgehead atoms. The molecule has 0 saturated heterocycles. The fourth-order valence-electron chi connectivity index (χ4n) is 3.42. The largest absolute Gasteiger partial charge is 0.467 e. The number of imidazole rings is 1. The number of nitrogens with zero attached hydrogens (tertiary/aromatic N) is 2. The Bertz CT molecular complexity index is 961. The first-order chi connectivity index (χ1) is 13.7. The van der Waals surface area contributed by atoms with Gasteiger partial charge in [0.1, 0.15) is 11.5 Å². The number of hydrogen-bond donors (Lipinski definition) is 2. The number of amides is 2. The van der Waals surface area contributed by atoms with Crippen molar-refractivity contribution in [2.75, 3.05) is 0 Å². The summed E-state index contributed by atoms with van der Waals surface area (Å²) in [5, 5.41) is 5.72. The Balaban J connectivity index is 1.51. The van der Waals surface area contributed by atoms with Crippen LogP contribution in [0.1, 0.15) is 51.0 Å². The molecule has 3 heterocycles. The highest BCUT2D eigenvalue weighted by Crippen LogP contribution is 2.21. The minimum Gasteiger partial charge on any atom is -0.467 e. The predicted octanol–water partition coefficient (Wildman–Crippen LogP) is 2.67. The lowest BCUT2D eigenvalue weighted by Crippen LogP contribution is -2.27. The summed E-state index contributed by atoms with van der Waals surface area (Å²) < 4.78 is 7.13. The molecule has 1 aliphatic rings. The highest BCUT2D eigenvalue weighted by atomic mass is 16.3. The summed E-state index contributed by atoms with van der Waals surface area (Å²) in [4.78, 5) is 29.8. The van der Waals surface area contributed by atoms with Gasteiger partial charge >= 0.3 is 0 Å². The Morgan fingerprint density at radius 2 is 1.82 bits per heavy atom. The number of aromatic nitrogens is 2. The first kappa shape index (κ1) is 18.0. The molecule has 0 atom stereocenters. The second-order valence-electron chi connectivity index (χ2n) is 6.77. The fraction of sp³-hybridized carbons (Fsp3) is 0.286. The maximum atomic E-state index is 12.7. The van der Waals surface area contributed by atoms with Crippen molar-refractivity contribution in [3.8, 4) is 0 Å². The van der Waals surface area contributed by atoms with Crippen LogP contribution in [0, 0.1) is 0 Å². The molecule has 0 fully saturated rings. The van der Waals surface area contributed by atoms with Crippen molar-refractivity contribution in [3.63, 3.8) is 0 Å². The summed E-state index contributed by atoms with van der Waals surface area (Å²) in [6, 6.07) is 13.3. The predicted molar refractivity (Wildman–Crippen MR) is 103 cm³/mol. The van der Waals surface area contributed by atoms with Gasteiger partial charge in [0.05, 0.1) is 18.5 Å². The van der Waals surface area contributed by atoms with Crippen LogP contribution in [-0.4, -0.2) is 21.4 Å². The van der Waals surface area contributed by atoms with Crippen LogP contribution in [0.5, 0.6) is 0 Å². The molecular formula is C21H22N4O3. The minimum atomic E-state index is -0.288. The molecule has 1 aliphatic heterocycles. The average Bonchev–Trinajstić information content (AvgIpc) is 3.39. The van der Waals surface area contributed by atoms with E-state index in [4.69, 9.17) is 4.42 Å². The van der Waals surface area contributed by atoms with Crippen molar-refractivity contribution >= 4 is 11.8 Å². The highest BCUT2D eigenvalue weighted by Gasteiger charge is 2.27. The number of nitrogens with one attached hydrogen (secondary N) is 2. The Kier molecular flexibility index (Phi) is 5.23. The highest BCUT2D eigenvalue weighted by molar-refractivity contribution is 5.97. The minimum absolute atomic E-state index is 0.267. The van der Waals surface area contributed by atoms with E-state index >= 15 is 0 Å². The second kappa shape index (κ2) is 8.12. The van der Waals surface area contributed by atoms with Gasteiger partial charge in [0.15, 0.2) is 5.82 Å². The van der Waals surface area contributed by atoms with E-state index in [-0.39, 0.29) is 18.4 Å². The van der Waals surface area contributed by atoms with Crippen LogP contribution in [0.4, 0.5) is 0 Å². The third kappa shape index (κ3) is 3.83. The molecule has 0 spiro atoms. The van der Waals surface area contributed by atoms with Crippen LogP contribution in [0.3, 0.4) is 0 Å². The van der Waals surface area contributed by atoms with E-state index in [2.05, 4.69) is 15.6 Å². The van der Waals surface area contributed by atoms with Crippen molar-refractivity contribution in [2.24, 2.45) is 0 Å². The quantitative estimate of drug-likeness (QED) is 0.690. The molecular weight excluding hydrogens is 356 g/mol. The van der Waals surface area contributed by atoms with Crippen LogP contribution < -0.4 is 10.6 Å². The Morgan fingerprint density at radius 3 is 2.61 bits per heavy atom. The maximum absolute atomic E-state index is 12.7. The summed E-state index contributed by atoms with van der Waals surface area (Å²) in [7, 11) is 0. The van der Waals surface area contributed by atoms with Crippen molar-refractivity contribution in [1.82, 2.24) is 20.2 Å². The molecule has 2 amide bonds. The number of furan rings is 1. The molecule has 1 aromatic carbocycles. The van der Waals surface area contributed by atoms with Crippen LogP contribution in [-0.2, 0) is 26.1 Å². The van der Waals surface area contributed by atoms with Gasteiger partial charge < -0.3 is 19.6 Å². The molecule has 0 unspecified atom stereocenters. The summed E-state index contributed by atoms with van der Waals surface area (Å²) in [5.74, 6) is 0.414. The number of benzene rings is 1. The van der Waals surface area contributed by atoms with E-state index in [0.29, 0.717) is 30.4 Å². The Hall–Kier alpha value is -3.35. The zero-order valence-electron chi connectivity index (χ0n) is 15.5. The van der Waals surface area contributed by atoms with Gasteiger partial charge in [-0.25, -0.2) is 4.98 Å². The summed E-state index contributed by atoms with van der Waals surface area (Å²) >= 11 is 0. The molecule has 0 saturated carbocycles. The lowest BCUT2D eigenvalue weighted by Gasteiger charge is -2.17. The average molecular weight is 378 g/mol. The fourth-order valence-corrected chi connectivity index (χ4v) is 3.42. The Labute approximate surface area is 162 Å². The number of rotatable bonds is 6. The molecule has 2 aromatic heterocycles. The molecule has 28 heavy (non-hydrogen) atoms. The third-order valence-corrected chi connectivity index (χ3v) is 4.84. The van der Waals surface area contributed by atoms with Gasteiger partial charge in [-0.1, -0.05) is 30.3 Å². The summed E-state index contributed by atoms with van der Waals surface area (Å²) in [6.07, 6.45) is 4.25. The number of carbonyl (C=O) groups is 2. The number of fused-ring (bicyclic) bond motifs is 1. The normalized spacial score (nSPS) is 13.0. The first-order valence-electron chi connectivity index (χ1n) is 9.44. The van der Waals surface area contributed by atoms with Crippen LogP contribution in [0.25, 0.3) is 0 Å². The van der Waals surface area contributed by atoms with E-state index in [1.807, 2.05) is 34.9 Å². The lowest BCUT2D eigenvalue weighted by molar-refractivity contribution is 0.0935. The summed E-state index contributed by atoms with van der Waals surface area (Å²) in [5.41, 5.74) is 2.17. The van der Waals surface area contributed by atoms with E-state index in [9.17, 15) is 9.59 Å². The van der Waals surface area contributed by atoms with E-state index in [1.165, 1.54) is 0 Å². The topological polar surface area (TPSA) is 89.2 Å². The van der Waals surface area contributed by atoms with Crippen molar-refractivity contribution in [3.05, 3.63) is 77.3 Å². The monoisotopic (exact) mass is 378 g/mol. The molecule has 7 nitrogen and oxygen atoms in total. The van der Waals surface area contributed by atoms with Gasteiger partial charge in [-0.3, -0.25) is 9.59 Å². The number of carbonyl (C=O) groups excluding carboxylic acids is 2. The zero-order chi connectivity index (χ0) is 19.3. The first-order valence-corrected chi connectivity index (χ1v) is 9.44. The third-order valence-electron chi connectivity index (χ3n) is 4.84. The smallest absolute Gasteiger partial charge is 0.287 e. The van der Waals surface area contributed by atoms with E-state index in [0.717, 1.165) is 30.5 Å². The van der Waals surface area contributed by atoms with E-state index in [1.54, 1.807) is 18.4 Å². The molecule has 7 heteroatoms. The van der Waals surface area contributed by atoms with Gasteiger partial charge in [0.2, 0.25) is 0 Å². The van der Waals surface area contributed by atoms with Gasteiger partial charge in [0, 0.05) is 13.1 Å². The van der Waals surface area contributed by atoms with Gasteiger partial charge in [0.25, 0.3) is 11.8 Å². The van der Waals surface area contributed by atoms with Crippen molar-refractivity contribution < 1.29 is 14.0 Å². The van der Waals surface area contributed by atoms with Gasteiger partial charge in [-0.15, -0.1) is 0 Å². The summed E-state index contributed by atoms with van der Waals surface area (Å²) in [6.45, 7) is 1.40. The molecule has 4 rings (SSSR count).